The highest BCUT2D eigenvalue weighted by molar-refractivity contribution is 7.98. The maximum Gasteiger partial charge on any atom is 0.243 e. The van der Waals surface area contributed by atoms with Crippen LogP contribution in [0.4, 0.5) is 0 Å². The van der Waals surface area contributed by atoms with Crippen LogP contribution in [0.1, 0.15) is 95.5 Å². The molecule has 7 atom stereocenters. The van der Waals surface area contributed by atoms with Crippen LogP contribution in [0.25, 0.3) is 10.9 Å². The highest BCUT2D eigenvalue weighted by atomic mass is 32.2. The molecule has 2 aromatic rings. The van der Waals surface area contributed by atoms with Crippen molar-refractivity contribution in [2.24, 2.45) is 61.6 Å². The summed E-state index contributed by atoms with van der Waals surface area (Å²) >= 11 is 1.42. The molecule has 0 bridgehead atoms. The van der Waals surface area contributed by atoms with Gasteiger partial charge >= 0.3 is 0 Å². The van der Waals surface area contributed by atoms with Crippen LogP contribution in [-0.2, 0) is 40.0 Å². The Hall–Kier alpha value is -6.22. The zero-order chi connectivity index (χ0) is 53.4. The molecule has 25 N–H and O–H groups in total. The minimum atomic E-state index is -1.29. The van der Waals surface area contributed by atoms with Gasteiger partial charge in [-0.2, -0.15) is 11.8 Å². The number of hydrogen-bond donors (Lipinski definition) is 16. The fourth-order valence-electron chi connectivity index (χ4n) is 7.60. The lowest BCUT2D eigenvalue weighted by atomic mass is 10.0. The molecule has 25 nitrogen and oxygen atoms in total. The van der Waals surface area contributed by atoms with Gasteiger partial charge in [0, 0.05) is 36.6 Å². The third-order valence-electron chi connectivity index (χ3n) is 11.6. The summed E-state index contributed by atoms with van der Waals surface area (Å²) in [6.07, 6.45) is 8.14. The molecule has 0 aliphatic carbocycles. The number of unbranched alkanes of at least 4 members (excludes halogenated alkanes) is 3. The van der Waals surface area contributed by atoms with Crippen LogP contribution < -0.4 is 83.5 Å². The number of benzene rings is 1. The van der Waals surface area contributed by atoms with Crippen molar-refractivity contribution in [1.29, 1.82) is 0 Å². The van der Waals surface area contributed by atoms with Gasteiger partial charge < -0.3 is 88.5 Å². The van der Waals surface area contributed by atoms with Crippen molar-refractivity contribution >= 4 is 75.9 Å². The molecule has 1 aromatic heterocycles. The van der Waals surface area contributed by atoms with E-state index in [4.69, 9.17) is 51.6 Å². The lowest BCUT2D eigenvalue weighted by molar-refractivity contribution is -0.135. The number of primary amides is 1. The third kappa shape index (κ3) is 23.8. The Morgan fingerprint density at radius 3 is 1.40 bits per heavy atom. The Kier molecular flexibility index (Phi) is 30.1. The van der Waals surface area contributed by atoms with E-state index >= 15 is 0 Å². The standard InChI is InChI=1S/C46H82N18O7S/c1-72-25-19-36(63-41(68)35(18-11-24-57-46(54)55)60-39(66)30(50)13-10-23-56-45(52)53)43(70)61-34(17-6-9-22-49)42(69)64-37(26-28-27-58-31-14-3-2-12-29(28)31)44(71)62-33(16-5-8-21-48)40(67)59-32(38(51)65)15-4-7-20-47/h2-3,12,14,27,30,32-37,58H,4-11,13,15-26,47-50H2,1H3,(H2,51,65)(H,59,67)(H,60,66)(H,61,70)(H,62,71)(H,63,68)(H,64,69)(H4,52,53,56)(H4,54,55,57)/t30-,32-,33-,34-,35-,36-,37-/m0/s1. The maximum atomic E-state index is 14.5. The molecule has 404 valence electrons. The first-order valence-electron chi connectivity index (χ1n) is 24.6. The van der Waals surface area contributed by atoms with E-state index in [0.717, 1.165) is 10.9 Å². The van der Waals surface area contributed by atoms with Crippen molar-refractivity contribution < 1.29 is 33.6 Å². The number of H-pyrrole nitrogens is 1. The highest BCUT2D eigenvalue weighted by Gasteiger charge is 2.34. The van der Waals surface area contributed by atoms with Crippen LogP contribution in [0.2, 0.25) is 0 Å². The second-order valence-electron chi connectivity index (χ2n) is 17.5. The number of rotatable bonds is 38. The summed E-state index contributed by atoms with van der Waals surface area (Å²) in [6.45, 7) is 1.41. The van der Waals surface area contributed by atoms with Crippen molar-refractivity contribution in [2.75, 3.05) is 44.7 Å². The predicted molar refractivity (Wildman–Crippen MR) is 282 cm³/mol. The zero-order valence-electron chi connectivity index (χ0n) is 41.6. The van der Waals surface area contributed by atoms with Crippen LogP contribution >= 0.6 is 11.8 Å². The summed E-state index contributed by atoms with van der Waals surface area (Å²) in [5.74, 6) is -4.65. The number of thioether (sulfide) groups is 1. The van der Waals surface area contributed by atoms with E-state index in [2.05, 4.69) is 46.9 Å². The number of para-hydroxylation sites is 1. The number of nitrogens with one attached hydrogen (secondary N) is 7. The van der Waals surface area contributed by atoms with Gasteiger partial charge in [0.15, 0.2) is 11.9 Å². The minimum Gasteiger partial charge on any atom is -0.370 e. The van der Waals surface area contributed by atoms with Crippen LogP contribution in [0, 0.1) is 0 Å². The second kappa shape index (κ2) is 35.0. The van der Waals surface area contributed by atoms with Gasteiger partial charge in [0.2, 0.25) is 41.4 Å². The van der Waals surface area contributed by atoms with Crippen molar-refractivity contribution in [3.8, 4) is 0 Å². The Bertz CT molecular complexity index is 2060. The van der Waals surface area contributed by atoms with Crippen LogP contribution in [0.15, 0.2) is 40.4 Å². The predicted octanol–water partition coefficient (Wildman–Crippen LogP) is -3.32. The summed E-state index contributed by atoms with van der Waals surface area (Å²) in [5, 5.41) is 17.4. The van der Waals surface area contributed by atoms with Crippen LogP contribution in [0.3, 0.4) is 0 Å². The highest BCUT2D eigenvalue weighted by Crippen LogP contribution is 2.20. The van der Waals surface area contributed by atoms with E-state index in [-0.39, 0.29) is 76.4 Å². The van der Waals surface area contributed by atoms with E-state index in [1.54, 1.807) is 6.20 Å². The van der Waals surface area contributed by atoms with Gasteiger partial charge in [0.25, 0.3) is 0 Å². The molecule has 0 saturated heterocycles. The molecule has 0 aliphatic heterocycles. The van der Waals surface area contributed by atoms with Crippen molar-refractivity contribution in [3.63, 3.8) is 0 Å². The van der Waals surface area contributed by atoms with Gasteiger partial charge in [-0.15, -0.1) is 0 Å². The van der Waals surface area contributed by atoms with Gasteiger partial charge in [0.1, 0.15) is 36.3 Å². The van der Waals surface area contributed by atoms with Crippen molar-refractivity contribution in [1.82, 2.24) is 36.9 Å². The van der Waals surface area contributed by atoms with E-state index < -0.39 is 83.6 Å². The number of fused-ring (bicyclic) bond motifs is 1. The molecule has 0 radical (unpaired) electrons. The third-order valence-corrected chi connectivity index (χ3v) is 12.3. The number of carbonyl (C=O) groups is 7. The number of aliphatic imine (C=N–C) groups is 2. The summed E-state index contributed by atoms with van der Waals surface area (Å²) < 4.78 is 0. The fourth-order valence-corrected chi connectivity index (χ4v) is 8.07. The number of carbonyl (C=O) groups excluding carboxylic acids is 7. The maximum absolute atomic E-state index is 14.5. The Morgan fingerprint density at radius 1 is 0.528 bits per heavy atom. The van der Waals surface area contributed by atoms with Crippen LogP contribution in [-0.4, -0.2) is 145 Å². The molecule has 1 heterocycles. The molecular formula is C46H82N18O7S. The van der Waals surface area contributed by atoms with Gasteiger partial charge in [-0.25, -0.2) is 0 Å². The average Bonchev–Trinajstić information content (AvgIpc) is 3.75. The fraction of sp³-hybridized carbons (Fsp3) is 0.630. The lowest BCUT2D eigenvalue weighted by Gasteiger charge is -2.28. The molecule has 72 heavy (non-hydrogen) atoms. The monoisotopic (exact) mass is 1030 g/mol. The molecular weight excluding hydrogens is 949 g/mol. The lowest BCUT2D eigenvalue weighted by Crippen LogP contribution is -2.60. The number of hydrogen-bond acceptors (Lipinski definition) is 14. The van der Waals surface area contributed by atoms with Gasteiger partial charge in [-0.1, -0.05) is 18.2 Å². The first-order valence-corrected chi connectivity index (χ1v) is 26.0. The van der Waals surface area contributed by atoms with Crippen molar-refractivity contribution in [2.45, 2.75) is 139 Å². The molecule has 1 aromatic carbocycles. The van der Waals surface area contributed by atoms with Gasteiger partial charge in [-0.3, -0.25) is 43.5 Å². The Balaban J connectivity index is 2.49. The second-order valence-corrected chi connectivity index (χ2v) is 18.5. The Morgan fingerprint density at radius 2 is 0.931 bits per heavy atom. The quantitative estimate of drug-likeness (QED) is 0.0178. The van der Waals surface area contributed by atoms with E-state index in [0.29, 0.717) is 75.9 Å². The molecule has 7 amide bonds. The normalized spacial score (nSPS) is 14.0. The van der Waals surface area contributed by atoms with E-state index in [1.807, 2.05) is 30.5 Å². The molecule has 26 heteroatoms. The summed E-state index contributed by atoms with van der Waals surface area (Å²) in [4.78, 5) is 108. The average molecular weight is 1030 g/mol. The molecule has 0 saturated carbocycles. The number of aromatic nitrogens is 1. The van der Waals surface area contributed by atoms with Crippen molar-refractivity contribution in [3.05, 3.63) is 36.0 Å². The number of nitrogens with zero attached hydrogens (tertiary/aromatic N) is 2. The number of amides is 7. The largest absolute Gasteiger partial charge is 0.370 e. The number of aromatic amines is 1. The Labute approximate surface area is 426 Å². The smallest absolute Gasteiger partial charge is 0.243 e. The molecule has 0 fully saturated rings. The summed E-state index contributed by atoms with van der Waals surface area (Å²) in [7, 11) is 0. The zero-order valence-corrected chi connectivity index (χ0v) is 42.5. The molecule has 2 rings (SSSR count). The molecule has 0 unspecified atom stereocenters. The molecule has 0 aliphatic rings. The first kappa shape index (κ1) is 61.9. The first-order chi connectivity index (χ1) is 34.4. The van der Waals surface area contributed by atoms with Gasteiger partial charge in [0.05, 0.1) is 6.04 Å². The SMILES string of the molecule is CSCC[C@H](NC(=O)[C@H](CCCN=C(N)N)NC(=O)[C@@H](N)CCCN=C(N)N)C(=O)N[C@@H](CCCCN)C(=O)N[C@@H](Cc1c[nH]c2ccccc12)C(=O)N[C@@H](CCCCN)C(=O)N[C@@H](CCCCN)C(N)=O. The van der Waals surface area contributed by atoms with E-state index in [9.17, 15) is 33.6 Å². The number of nitrogens with two attached hydrogens (primary N) is 9. The molecule has 0 spiro atoms. The summed E-state index contributed by atoms with van der Waals surface area (Å²) in [5.41, 5.74) is 52.3. The minimum absolute atomic E-state index is 0.0339. The van der Waals surface area contributed by atoms with E-state index in [1.165, 1.54) is 11.8 Å². The van der Waals surface area contributed by atoms with Crippen LogP contribution in [0.5, 0.6) is 0 Å². The number of guanidine groups is 2. The summed E-state index contributed by atoms with van der Waals surface area (Å²) in [6, 6.07) is -0.628. The topological polar surface area (TPSA) is 466 Å². The van der Waals surface area contributed by atoms with Gasteiger partial charge in [-0.05, 0) is 133 Å².